The summed E-state index contributed by atoms with van der Waals surface area (Å²) >= 11 is 0. The van der Waals surface area contributed by atoms with E-state index in [1.165, 1.54) is 7.11 Å². The number of ether oxygens (including phenoxy) is 1. The quantitative estimate of drug-likeness (QED) is 0.619. The monoisotopic (exact) mass is 332 g/mol. The number of nitrogens with one attached hydrogen (secondary N) is 1. The fourth-order valence-corrected chi connectivity index (χ4v) is 2.54. The van der Waals surface area contributed by atoms with Gasteiger partial charge < -0.3 is 10.1 Å². The second kappa shape index (κ2) is 7.25. The third kappa shape index (κ3) is 3.29. The topological polar surface area (TPSA) is 92.8 Å². The van der Waals surface area contributed by atoms with Crippen LogP contribution in [0.4, 0.5) is 0 Å². The zero-order chi connectivity index (χ0) is 17.9. The van der Waals surface area contributed by atoms with Crippen LogP contribution in [0.1, 0.15) is 41.0 Å². The van der Waals surface area contributed by atoms with Crippen molar-refractivity contribution in [1.29, 1.82) is 0 Å². The summed E-state index contributed by atoms with van der Waals surface area (Å²) in [7, 11) is 1.24. The van der Waals surface area contributed by atoms with Gasteiger partial charge in [0.2, 0.25) is 5.91 Å². The van der Waals surface area contributed by atoms with Crippen molar-refractivity contribution in [3.05, 3.63) is 35.4 Å². The highest BCUT2D eigenvalue weighted by Crippen LogP contribution is 2.22. The molecule has 2 rings (SSSR count). The van der Waals surface area contributed by atoms with Gasteiger partial charge in [-0.2, -0.15) is 0 Å². The standard InChI is InChI=1S/C17H20N2O5/c1-4-10(2)14(17(23)24-3)18-13(20)9-19-15(21)11-7-5-6-8-12(11)16(19)22/h5-8,10,14H,4,9H2,1-3H3,(H,18,20)/t10-,14-/m1/s1. The largest absolute Gasteiger partial charge is 0.467 e. The predicted molar refractivity (Wildman–Crippen MR) is 85.2 cm³/mol. The van der Waals surface area contributed by atoms with E-state index in [1.54, 1.807) is 24.3 Å². The van der Waals surface area contributed by atoms with Crippen LogP contribution in [0.25, 0.3) is 0 Å². The van der Waals surface area contributed by atoms with Gasteiger partial charge in [0, 0.05) is 0 Å². The summed E-state index contributed by atoms with van der Waals surface area (Å²) in [6.45, 7) is 3.26. The Morgan fingerprint density at radius 2 is 1.71 bits per heavy atom. The van der Waals surface area contributed by atoms with Crippen molar-refractivity contribution in [3.63, 3.8) is 0 Å². The molecule has 0 bridgehead atoms. The first-order valence-corrected chi connectivity index (χ1v) is 7.73. The molecule has 0 radical (unpaired) electrons. The Morgan fingerprint density at radius 3 is 2.17 bits per heavy atom. The second-order valence-electron chi connectivity index (χ2n) is 5.70. The van der Waals surface area contributed by atoms with Crippen LogP contribution in [0.5, 0.6) is 0 Å². The highest BCUT2D eigenvalue weighted by atomic mass is 16.5. The number of esters is 1. The Labute approximate surface area is 140 Å². The van der Waals surface area contributed by atoms with Gasteiger partial charge in [-0.1, -0.05) is 32.4 Å². The molecule has 2 atom stereocenters. The minimum Gasteiger partial charge on any atom is -0.467 e. The maximum absolute atomic E-state index is 12.2. The van der Waals surface area contributed by atoms with Crippen LogP contribution in [-0.4, -0.2) is 48.3 Å². The van der Waals surface area contributed by atoms with E-state index in [0.29, 0.717) is 6.42 Å². The van der Waals surface area contributed by atoms with Crippen LogP contribution >= 0.6 is 0 Å². The molecule has 0 fully saturated rings. The molecule has 1 aromatic rings. The lowest BCUT2D eigenvalue weighted by Crippen LogP contribution is -2.49. The van der Waals surface area contributed by atoms with E-state index in [0.717, 1.165) is 4.90 Å². The van der Waals surface area contributed by atoms with Gasteiger partial charge in [0.1, 0.15) is 12.6 Å². The summed E-state index contributed by atoms with van der Waals surface area (Å²) in [4.78, 5) is 49.4. The molecule has 1 heterocycles. The lowest BCUT2D eigenvalue weighted by atomic mass is 9.99. The summed E-state index contributed by atoms with van der Waals surface area (Å²) in [6, 6.07) is 5.59. The number of imide groups is 1. The molecule has 128 valence electrons. The van der Waals surface area contributed by atoms with Gasteiger partial charge in [0.25, 0.3) is 11.8 Å². The van der Waals surface area contributed by atoms with Crippen LogP contribution in [-0.2, 0) is 14.3 Å². The Kier molecular flexibility index (Phi) is 5.33. The molecule has 0 aliphatic carbocycles. The van der Waals surface area contributed by atoms with E-state index >= 15 is 0 Å². The smallest absolute Gasteiger partial charge is 0.328 e. The minimum atomic E-state index is -0.817. The zero-order valence-electron chi connectivity index (χ0n) is 13.9. The summed E-state index contributed by atoms with van der Waals surface area (Å²) in [5, 5.41) is 2.55. The van der Waals surface area contributed by atoms with Gasteiger partial charge in [0.15, 0.2) is 0 Å². The molecule has 0 unspecified atom stereocenters. The van der Waals surface area contributed by atoms with Crippen molar-refractivity contribution >= 4 is 23.7 Å². The SMILES string of the molecule is CC[C@@H](C)[C@@H](NC(=O)CN1C(=O)c2ccccc2C1=O)C(=O)OC. The predicted octanol–water partition coefficient (Wildman–Crippen LogP) is 0.986. The average molecular weight is 332 g/mol. The number of rotatable bonds is 6. The first-order valence-electron chi connectivity index (χ1n) is 7.73. The molecule has 24 heavy (non-hydrogen) atoms. The van der Waals surface area contributed by atoms with E-state index in [9.17, 15) is 19.2 Å². The minimum absolute atomic E-state index is 0.136. The molecule has 0 saturated heterocycles. The number of amides is 3. The lowest BCUT2D eigenvalue weighted by Gasteiger charge is -2.23. The van der Waals surface area contributed by atoms with E-state index in [4.69, 9.17) is 4.74 Å². The van der Waals surface area contributed by atoms with Crippen molar-refractivity contribution in [1.82, 2.24) is 10.2 Å². The molecule has 7 heteroatoms. The van der Waals surface area contributed by atoms with Gasteiger partial charge in [-0.05, 0) is 18.1 Å². The maximum atomic E-state index is 12.2. The molecule has 0 spiro atoms. The molecule has 1 aromatic carbocycles. The first-order chi connectivity index (χ1) is 11.4. The van der Waals surface area contributed by atoms with E-state index in [2.05, 4.69) is 5.32 Å². The third-order valence-corrected chi connectivity index (χ3v) is 4.16. The molecule has 0 saturated carbocycles. The third-order valence-electron chi connectivity index (χ3n) is 4.16. The van der Waals surface area contributed by atoms with Crippen molar-refractivity contribution in [3.8, 4) is 0 Å². The molecule has 1 aliphatic heterocycles. The van der Waals surface area contributed by atoms with E-state index in [-0.39, 0.29) is 17.0 Å². The van der Waals surface area contributed by atoms with Gasteiger partial charge in [0.05, 0.1) is 18.2 Å². The van der Waals surface area contributed by atoms with Crippen molar-refractivity contribution in [2.24, 2.45) is 5.92 Å². The van der Waals surface area contributed by atoms with Gasteiger partial charge in [-0.25, -0.2) is 4.79 Å². The average Bonchev–Trinajstić information content (AvgIpc) is 2.83. The van der Waals surface area contributed by atoms with Crippen LogP contribution in [0.3, 0.4) is 0 Å². The van der Waals surface area contributed by atoms with Gasteiger partial charge in [-0.3, -0.25) is 19.3 Å². The van der Waals surface area contributed by atoms with Crippen molar-refractivity contribution < 1.29 is 23.9 Å². The van der Waals surface area contributed by atoms with Crippen LogP contribution in [0.15, 0.2) is 24.3 Å². The fourth-order valence-electron chi connectivity index (χ4n) is 2.54. The number of methoxy groups -OCH3 is 1. The molecular weight excluding hydrogens is 312 g/mol. The molecular formula is C17H20N2O5. The maximum Gasteiger partial charge on any atom is 0.328 e. The summed E-state index contributed by atoms with van der Waals surface area (Å²) in [5.74, 6) is -2.29. The molecule has 1 N–H and O–H groups in total. The Bertz CT molecular complexity index is 650. The lowest BCUT2D eigenvalue weighted by molar-refractivity contribution is -0.146. The van der Waals surface area contributed by atoms with Gasteiger partial charge >= 0.3 is 5.97 Å². The number of carbonyl (C=O) groups is 4. The number of nitrogens with zero attached hydrogens (tertiary/aromatic N) is 1. The highest BCUT2D eigenvalue weighted by molar-refractivity contribution is 6.22. The number of fused-ring (bicyclic) bond motifs is 1. The van der Waals surface area contributed by atoms with Crippen LogP contribution in [0, 0.1) is 5.92 Å². The zero-order valence-corrected chi connectivity index (χ0v) is 13.9. The Hall–Kier alpha value is -2.70. The molecule has 3 amide bonds. The number of hydrogen-bond donors (Lipinski definition) is 1. The number of carbonyl (C=O) groups excluding carboxylic acids is 4. The van der Waals surface area contributed by atoms with Crippen molar-refractivity contribution in [2.75, 3.05) is 13.7 Å². The highest BCUT2D eigenvalue weighted by Gasteiger charge is 2.37. The fraction of sp³-hybridized carbons (Fsp3) is 0.412. The normalized spacial score (nSPS) is 15.7. The van der Waals surface area contributed by atoms with Crippen LogP contribution in [0.2, 0.25) is 0 Å². The van der Waals surface area contributed by atoms with Gasteiger partial charge in [-0.15, -0.1) is 0 Å². The van der Waals surface area contributed by atoms with E-state index < -0.39 is 36.3 Å². The van der Waals surface area contributed by atoms with E-state index in [1.807, 2.05) is 13.8 Å². The molecule has 7 nitrogen and oxygen atoms in total. The molecule has 0 aromatic heterocycles. The second-order valence-corrected chi connectivity index (χ2v) is 5.70. The molecule has 1 aliphatic rings. The first kappa shape index (κ1) is 17.7. The Morgan fingerprint density at radius 1 is 1.17 bits per heavy atom. The van der Waals surface area contributed by atoms with Crippen LogP contribution < -0.4 is 5.32 Å². The number of benzene rings is 1. The summed E-state index contributed by atoms with van der Waals surface area (Å²) in [5.41, 5.74) is 0.559. The van der Waals surface area contributed by atoms with Crippen molar-refractivity contribution in [2.45, 2.75) is 26.3 Å². The summed E-state index contributed by atoms with van der Waals surface area (Å²) < 4.78 is 4.70. The number of hydrogen-bond acceptors (Lipinski definition) is 5. The summed E-state index contributed by atoms with van der Waals surface area (Å²) in [6.07, 6.45) is 0.660. The Balaban J connectivity index is 2.09.